The first kappa shape index (κ1) is 12.5. The van der Waals surface area contributed by atoms with Crippen LogP contribution >= 0.6 is 0 Å². The number of hydrogen-bond donors (Lipinski definition) is 2. The van der Waals surface area contributed by atoms with Gasteiger partial charge in [0.2, 0.25) is 0 Å². The molecule has 7 heteroatoms. The molecule has 1 aliphatic rings. The molecule has 0 aromatic carbocycles. The van der Waals surface area contributed by atoms with Crippen molar-refractivity contribution in [2.45, 2.75) is 42.9 Å². The number of sulfonamides is 1. The molecular formula is C10H17N3O3S. The first-order chi connectivity index (χ1) is 7.99. The standard InChI is InChI=1S/C10H17N3O3S/c1-13-10(6-7-11-13)17(15,16)12-8-2-4-9(14)5-3-8/h6-9,12,14H,2-5H2,1H3. The van der Waals surface area contributed by atoms with Crippen molar-refractivity contribution in [1.82, 2.24) is 14.5 Å². The van der Waals surface area contributed by atoms with Gasteiger partial charge in [-0.2, -0.15) is 5.10 Å². The van der Waals surface area contributed by atoms with Gasteiger partial charge in [0, 0.05) is 13.1 Å². The van der Waals surface area contributed by atoms with Gasteiger partial charge in [-0.3, -0.25) is 4.68 Å². The van der Waals surface area contributed by atoms with Crippen LogP contribution in [0.15, 0.2) is 17.3 Å². The van der Waals surface area contributed by atoms with E-state index >= 15 is 0 Å². The summed E-state index contributed by atoms with van der Waals surface area (Å²) in [6.07, 6.45) is 3.83. The zero-order chi connectivity index (χ0) is 12.5. The van der Waals surface area contributed by atoms with Crippen molar-refractivity contribution in [3.05, 3.63) is 12.3 Å². The molecule has 1 aliphatic carbocycles. The van der Waals surface area contributed by atoms with Crippen molar-refractivity contribution in [3.63, 3.8) is 0 Å². The summed E-state index contributed by atoms with van der Waals surface area (Å²) in [6.45, 7) is 0. The van der Waals surface area contributed by atoms with Gasteiger partial charge in [-0.1, -0.05) is 0 Å². The van der Waals surface area contributed by atoms with Gasteiger partial charge in [0.25, 0.3) is 10.0 Å². The van der Waals surface area contributed by atoms with Gasteiger partial charge in [0.15, 0.2) is 5.03 Å². The molecule has 6 nitrogen and oxygen atoms in total. The van der Waals surface area contributed by atoms with E-state index in [1.54, 1.807) is 7.05 Å². The Morgan fingerprint density at radius 1 is 1.41 bits per heavy atom. The van der Waals surface area contributed by atoms with Crippen molar-refractivity contribution in [2.24, 2.45) is 7.05 Å². The Morgan fingerprint density at radius 2 is 2.06 bits per heavy atom. The van der Waals surface area contributed by atoms with E-state index in [2.05, 4.69) is 9.82 Å². The second kappa shape index (κ2) is 4.75. The number of nitrogens with one attached hydrogen (secondary N) is 1. The number of aryl methyl sites for hydroxylation is 1. The van der Waals surface area contributed by atoms with Crippen LogP contribution in [0.2, 0.25) is 0 Å². The van der Waals surface area contributed by atoms with Crippen molar-refractivity contribution in [1.29, 1.82) is 0 Å². The van der Waals surface area contributed by atoms with Crippen LogP contribution in [0, 0.1) is 0 Å². The van der Waals surface area contributed by atoms with Crippen LogP contribution < -0.4 is 4.72 Å². The molecule has 0 radical (unpaired) electrons. The molecule has 1 heterocycles. The maximum Gasteiger partial charge on any atom is 0.257 e. The molecule has 0 bridgehead atoms. The summed E-state index contributed by atoms with van der Waals surface area (Å²) in [4.78, 5) is 0. The molecule has 0 aliphatic heterocycles. The normalized spacial score (nSPS) is 26.0. The molecule has 0 spiro atoms. The van der Waals surface area contributed by atoms with E-state index in [0.717, 1.165) is 0 Å². The van der Waals surface area contributed by atoms with Gasteiger partial charge in [0.1, 0.15) is 0 Å². The van der Waals surface area contributed by atoms with Gasteiger partial charge in [-0.15, -0.1) is 0 Å². The van der Waals surface area contributed by atoms with Crippen LogP contribution in [-0.2, 0) is 17.1 Å². The Hall–Kier alpha value is -0.920. The smallest absolute Gasteiger partial charge is 0.257 e. The third kappa shape index (κ3) is 2.85. The first-order valence-electron chi connectivity index (χ1n) is 5.67. The summed E-state index contributed by atoms with van der Waals surface area (Å²) in [5.41, 5.74) is 0. The summed E-state index contributed by atoms with van der Waals surface area (Å²) in [5, 5.41) is 13.4. The van der Waals surface area contributed by atoms with Crippen LogP contribution in [0.3, 0.4) is 0 Å². The number of hydrogen-bond acceptors (Lipinski definition) is 4. The lowest BCUT2D eigenvalue weighted by Gasteiger charge is -2.25. The fourth-order valence-electron chi connectivity index (χ4n) is 2.10. The van der Waals surface area contributed by atoms with Crippen LogP contribution in [0.4, 0.5) is 0 Å². The van der Waals surface area contributed by atoms with E-state index in [1.807, 2.05) is 0 Å². The Balaban J connectivity index is 2.06. The monoisotopic (exact) mass is 259 g/mol. The third-order valence-corrected chi connectivity index (χ3v) is 4.66. The average Bonchev–Trinajstić information content (AvgIpc) is 2.68. The molecule has 1 saturated carbocycles. The van der Waals surface area contributed by atoms with Gasteiger partial charge < -0.3 is 5.11 Å². The zero-order valence-corrected chi connectivity index (χ0v) is 10.5. The summed E-state index contributed by atoms with van der Waals surface area (Å²) in [5.74, 6) is 0. The first-order valence-corrected chi connectivity index (χ1v) is 7.16. The number of aromatic nitrogens is 2. The molecule has 1 aromatic rings. The summed E-state index contributed by atoms with van der Waals surface area (Å²) < 4.78 is 28.1. The summed E-state index contributed by atoms with van der Waals surface area (Å²) in [7, 11) is -1.90. The highest BCUT2D eigenvalue weighted by Gasteiger charge is 2.26. The SMILES string of the molecule is Cn1nccc1S(=O)(=O)NC1CCC(O)CC1. The highest BCUT2D eigenvalue weighted by Crippen LogP contribution is 2.20. The third-order valence-electron chi connectivity index (χ3n) is 3.07. The van der Waals surface area contributed by atoms with Gasteiger partial charge >= 0.3 is 0 Å². The lowest BCUT2D eigenvalue weighted by Crippen LogP contribution is -2.39. The van der Waals surface area contributed by atoms with Crippen molar-refractivity contribution in [3.8, 4) is 0 Å². The van der Waals surface area contributed by atoms with Gasteiger partial charge in [0.05, 0.1) is 12.3 Å². The van der Waals surface area contributed by atoms with Crippen LogP contribution in [0.1, 0.15) is 25.7 Å². The van der Waals surface area contributed by atoms with Gasteiger partial charge in [-0.25, -0.2) is 13.1 Å². The maximum absolute atomic E-state index is 12.0. The highest BCUT2D eigenvalue weighted by molar-refractivity contribution is 7.89. The molecule has 0 atom stereocenters. The zero-order valence-electron chi connectivity index (χ0n) is 9.70. The Bertz CT molecular complexity index is 475. The molecule has 0 amide bonds. The van der Waals surface area contributed by atoms with E-state index in [-0.39, 0.29) is 17.2 Å². The minimum absolute atomic E-state index is 0.0849. The lowest BCUT2D eigenvalue weighted by atomic mass is 9.94. The largest absolute Gasteiger partial charge is 0.393 e. The molecule has 0 unspecified atom stereocenters. The maximum atomic E-state index is 12.0. The molecule has 2 rings (SSSR count). The molecule has 1 aromatic heterocycles. The van der Waals surface area contributed by atoms with Gasteiger partial charge in [-0.05, 0) is 31.7 Å². The fourth-order valence-corrected chi connectivity index (χ4v) is 3.53. The van der Waals surface area contributed by atoms with Crippen molar-refractivity contribution < 1.29 is 13.5 Å². The quantitative estimate of drug-likeness (QED) is 0.800. The van der Waals surface area contributed by atoms with E-state index < -0.39 is 10.0 Å². The fraction of sp³-hybridized carbons (Fsp3) is 0.700. The predicted octanol–water partition coefficient (Wildman–Crippen LogP) is 0.00190. The number of aliphatic hydroxyl groups is 1. The summed E-state index contributed by atoms with van der Waals surface area (Å²) >= 11 is 0. The molecule has 2 N–H and O–H groups in total. The number of nitrogens with zero attached hydrogens (tertiary/aromatic N) is 2. The predicted molar refractivity (Wildman–Crippen MR) is 61.8 cm³/mol. The Labute approximate surface area is 101 Å². The Morgan fingerprint density at radius 3 is 2.59 bits per heavy atom. The number of rotatable bonds is 3. The molecule has 17 heavy (non-hydrogen) atoms. The average molecular weight is 259 g/mol. The minimum Gasteiger partial charge on any atom is -0.393 e. The topological polar surface area (TPSA) is 84.2 Å². The van der Waals surface area contributed by atoms with Crippen molar-refractivity contribution in [2.75, 3.05) is 0 Å². The van der Waals surface area contributed by atoms with E-state index in [0.29, 0.717) is 25.7 Å². The van der Waals surface area contributed by atoms with E-state index in [1.165, 1.54) is 16.9 Å². The Kier molecular flexibility index (Phi) is 3.50. The number of aliphatic hydroxyl groups excluding tert-OH is 1. The summed E-state index contributed by atoms with van der Waals surface area (Å²) in [6, 6.07) is 1.39. The van der Waals surface area contributed by atoms with Crippen LogP contribution in [0.25, 0.3) is 0 Å². The molecule has 1 fully saturated rings. The molecular weight excluding hydrogens is 242 g/mol. The van der Waals surface area contributed by atoms with E-state index in [4.69, 9.17) is 0 Å². The minimum atomic E-state index is -3.50. The highest BCUT2D eigenvalue weighted by atomic mass is 32.2. The van der Waals surface area contributed by atoms with Crippen LogP contribution in [-0.4, -0.2) is 35.5 Å². The molecule has 0 saturated heterocycles. The van der Waals surface area contributed by atoms with Crippen LogP contribution in [0.5, 0.6) is 0 Å². The van der Waals surface area contributed by atoms with Crippen molar-refractivity contribution >= 4 is 10.0 Å². The lowest BCUT2D eigenvalue weighted by molar-refractivity contribution is 0.120. The molecule has 96 valence electrons. The van der Waals surface area contributed by atoms with E-state index in [9.17, 15) is 13.5 Å². The second-order valence-corrected chi connectivity index (χ2v) is 6.08. The second-order valence-electron chi connectivity index (χ2n) is 4.42.